The summed E-state index contributed by atoms with van der Waals surface area (Å²) in [6, 6.07) is 3.44. The molecule has 1 saturated carbocycles. The van der Waals surface area contributed by atoms with E-state index in [4.69, 9.17) is 0 Å². The van der Waals surface area contributed by atoms with Crippen molar-refractivity contribution in [2.24, 2.45) is 5.92 Å². The van der Waals surface area contributed by atoms with Crippen LogP contribution < -0.4 is 10.6 Å². The fourth-order valence-electron chi connectivity index (χ4n) is 4.96. The summed E-state index contributed by atoms with van der Waals surface area (Å²) in [6.45, 7) is -2.02. The number of nitrogens with zero attached hydrogens (tertiary/aromatic N) is 4. The number of nitrogens with one attached hydrogen (secondary N) is 3. The van der Waals surface area contributed by atoms with Crippen molar-refractivity contribution in [3.05, 3.63) is 41.5 Å². The number of rotatable bonds is 12. The maximum atomic E-state index is 14.0. The first-order valence-corrected chi connectivity index (χ1v) is 13.5. The third-order valence-electron chi connectivity index (χ3n) is 7.25. The van der Waals surface area contributed by atoms with Crippen LogP contribution in [-0.4, -0.2) is 62.1 Å². The Morgan fingerprint density at radius 1 is 1.19 bits per heavy atom. The smallest absolute Gasteiger partial charge is 0.350 e. The van der Waals surface area contributed by atoms with E-state index >= 15 is 0 Å². The molecule has 0 saturated heterocycles. The van der Waals surface area contributed by atoms with Gasteiger partial charge in [0.05, 0.1) is 48.9 Å². The number of alkyl halides is 7. The van der Waals surface area contributed by atoms with E-state index < -0.39 is 68.0 Å². The van der Waals surface area contributed by atoms with Gasteiger partial charge in [0.1, 0.15) is 11.5 Å². The number of H-pyrrole nitrogens is 1. The highest BCUT2D eigenvalue weighted by Crippen LogP contribution is 2.41. The van der Waals surface area contributed by atoms with Crippen molar-refractivity contribution in [3.8, 4) is 0 Å². The number of carbonyl (C=O) groups excluding carboxylic acids is 2. The van der Waals surface area contributed by atoms with Gasteiger partial charge in [-0.25, -0.2) is 18.4 Å². The van der Waals surface area contributed by atoms with Crippen LogP contribution in [0.5, 0.6) is 0 Å². The molecule has 2 aromatic heterocycles. The van der Waals surface area contributed by atoms with Gasteiger partial charge in [0.2, 0.25) is 11.8 Å². The van der Waals surface area contributed by atoms with Crippen LogP contribution in [-0.2, 0) is 16.1 Å². The van der Waals surface area contributed by atoms with Crippen LogP contribution >= 0.6 is 0 Å². The van der Waals surface area contributed by atoms with Crippen LogP contribution in [0.2, 0.25) is 0 Å². The zero-order valence-corrected chi connectivity index (χ0v) is 22.9. The molecule has 0 bridgehead atoms. The van der Waals surface area contributed by atoms with Gasteiger partial charge in [-0.3, -0.25) is 9.59 Å². The summed E-state index contributed by atoms with van der Waals surface area (Å²) in [6.07, 6.45) is -5.87. The van der Waals surface area contributed by atoms with E-state index in [1.54, 1.807) is 25.1 Å². The fraction of sp³-hybridized carbons (Fsp3) is 0.577. The van der Waals surface area contributed by atoms with Crippen molar-refractivity contribution in [1.29, 1.82) is 0 Å². The van der Waals surface area contributed by atoms with E-state index in [0.29, 0.717) is 16.6 Å². The molecule has 0 radical (unpaired) electrons. The molecule has 4 rings (SSSR count). The number of hydrogen-bond acceptors (Lipinski definition) is 6. The number of aromatic nitrogens is 5. The summed E-state index contributed by atoms with van der Waals surface area (Å²) in [5.74, 6) is -4.43. The van der Waals surface area contributed by atoms with Crippen molar-refractivity contribution < 1.29 is 45.1 Å². The summed E-state index contributed by atoms with van der Waals surface area (Å²) in [7, 11) is 0. The lowest BCUT2D eigenvalue weighted by molar-refractivity contribution is -0.144. The first-order valence-electron chi connectivity index (χ1n) is 13.5. The fourth-order valence-corrected chi connectivity index (χ4v) is 4.96. The predicted octanol–water partition coefficient (Wildman–Crippen LogP) is 5.21. The molecule has 1 fully saturated rings. The highest BCUT2D eigenvalue weighted by atomic mass is 19.4. The second-order valence-electron chi connectivity index (χ2n) is 10.4. The van der Waals surface area contributed by atoms with Crippen molar-refractivity contribution in [3.63, 3.8) is 0 Å². The van der Waals surface area contributed by atoms with Gasteiger partial charge in [-0.1, -0.05) is 11.3 Å². The molecular weight excluding hydrogens is 591 g/mol. The monoisotopic (exact) mass is 621 g/mol. The lowest BCUT2D eigenvalue weighted by Gasteiger charge is -2.33. The Morgan fingerprint density at radius 3 is 2.58 bits per heavy atom. The van der Waals surface area contributed by atoms with Gasteiger partial charge in [0, 0.05) is 19.3 Å². The average Bonchev–Trinajstić information content (AvgIpc) is 3.57. The number of amides is 2. The number of ether oxygens (including phenoxy) is 1. The SMILES string of the molecule is C[C@@H](NC(=O)CCC(F)(F)F)c1ccc2nc([C@@H](NC(=O)c3cnnn3CCOC(F)F)C3CCC(F)(F)CC3)[nH]c2c1. The van der Waals surface area contributed by atoms with Crippen molar-refractivity contribution in [2.75, 3.05) is 6.61 Å². The molecule has 236 valence electrons. The molecule has 0 aliphatic heterocycles. The number of imidazole rings is 1. The number of fused-ring (bicyclic) bond motifs is 1. The molecule has 2 atom stereocenters. The van der Waals surface area contributed by atoms with Gasteiger partial charge in [-0.15, -0.1) is 5.10 Å². The van der Waals surface area contributed by atoms with Crippen molar-refractivity contribution in [2.45, 2.75) is 82.8 Å². The molecule has 3 N–H and O–H groups in total. The van der Waals surface area contributed by atoms with Gasteiger partial charge < -0.3 is 20.4 Å². The molecule has 10 nitrogen and oxygen atoms in total. The number of aromatic amines is 1. The number of carbonyl (C=O) groups is 2. The minimum Gasteiger partial charge on any atom is -0.350 e. The summed E-state index contributed by atoms with van der Waals surface area (Å²) < 4.78 is 95.3. The highest BCUT2D eigenvalue weighted by molar-refractivity contribution is 5.92. The Morgan fingerprint density at radius 2 is 1.91 bits per heavy atom. The molecular formula is C26H30F7N7O3. The molecule has 3 aromatic rings. The number of hydrogen-bond donors (Lipinski definition) is 3. The zero-order valence-electron chi connectivity index (χ0n) is 22.9. The van der Waals surface area contributed by atoms with E-state index in [2.05, 4.69) is 35.7 Å². The number of halogens is 7. The van der Waals surface area contributed by atoms with Crippen molar-refractivity contribution in [1.82, 2.24) is 35.6 Å². The maximum absolute atomic E-state index is 14.0. The van der Waals surface area contributed by atoms with Crippen LogP contribution in [0.1, 0.15) is 79.4 Å². The van der Waals surface area contributed by atoms with Crippen LogP contribution in [0, 0.1) is 5.92 Å². The third-order valence-corrected chi connectivity index (χ3v) is 7.25. The Balaban J connectivity index is 1.54. The molecule has 0 unspecified atom stereocenters. The Labute approximate surface area is 240 Å². The lowest BCUT2D eigenvalue weighted by Crippen LogP contribution is -2.38. The minimum atomic E-state index is -4.45. The Kier molecular flexibility index (Phi) is 9.92. The van der Waals surface area contributed by atoms with E-state index in [0.717, 1.165) is 10.9 Å². The zero-order chi connectivity index (χ0) is 31.4. The van der Waals surface area contributed by atoms with Gasteiger partial charge >= 0.3 is 12.8 Å². The molecule has 1 aliphatic carbocycles. The normalized spacial score (nSPS) is 17.2. The van der Waals surface area contributed by atoms with Gasteiger partial charge in [0.15, 0.2) is 0 Å². The van der Waals surface area contributed by atoms with E-state index in [-0.39, 0.29) is 43.7 Å². The molecule has 1 aromatic carbocycles. The molecule has 2 amide bonds. The minimum absolute atomic E-state index is 0.0579. The Bertz CT molecular complexity index is 1400. The third kappa shape index (κ3) is 8.87. The van der Waals surface area contributed by atoms with Crippen LogP contribution in [0.4, 0.5) is 30.7 Å². The maximum Gasteiger partial charge on any atom is 0.389 e. The second kappa shape index (κ2) is 13.3. The molecule has 1 aliphatic rings. The first-order chi connectivity index (χ1) is 20.2. The highest BCUT2D eigenvalue weighted by Gasteiger charge is 2.40. The summed E-state index contributed by atoms with van der Waals surface area (Å²) in [5.41, 5.74) is 1.46. The van der Waals surface area contributed by atoms with E-state index in [9.17, 15) is 40.3 Å². The second-order valence-corrected chi connectivity index (χ2v) is 10.4. The average molecular weight is 622 g/mol. The number of benzene rings is 1. The van der Waals surface area contributed by atoms with Crippen LogP contribution in [0.3, 0.4) is 0 Å². The van der Waals surface area contributed by atoms with Gasteiger partial charge in [-0.05, 0) is 43.4 Å². The summed E-state index contributed by atoms with van der Waals surface area (Å²) in [5, 5.41) is 12.7. The Hall–Kier alpha value is -3.76. The summed E-state index contributed by atoms with van der Waals surface area (Å²) in [4.78, 5) is 32.9. The molecule has 0 spiro atoms. The summed E-state index contributed by atoms with van der Waals surface area (Å²) >= 11 is 0. The topological polar surface area (TPSA) is 127 Å². The van der Waals surface area contributed by atoms with E-state index in [1.807, 2.05) is 0 Å². The standard InChI is InChI=1S/C26H30F7N7O3/c1-14(35-20(41)6-9-26(31,32)33)16-2-3-17-18(12-16)37-22(36-17)21(15-4-7-25(29,30)8-5-15)38-23(42)19-13-34-39-40(19)10-11-43-24(27)28/h2-3,12-15,21,24H,4-11H2,1H3,(H,35,41)(H,36,37)(H,38,42)/t14-,21+/m1/s1. The predicted molar refractivity (Wildman–Crippen MR) is 137 cm³/mol. The molecule has 43 heavy (non-hydrogen) atoms. The molecule has 2 heterocycles. The van der Waals surface area contributed by atoms with Crippen LogP contribution in [0.25, 0.3) is 11.0 Å². The quantitative estimate of drug-likeness (QED) is 0.239. The molecule has 17 heteroatoms. The lowest BCUT2D eigenvalue weighted by atomic mass is 9.81. The largest absolute Gasteiger partial charge is 0.389 e. The van der Waals surface area contributed by atoms with Crippen molar-refractivity contribution >= 4 is 22.8 Å². The van der Waals surface area contributed by atoms with Gasteiger partial charge in [0.25, 0.3) is 5.91 Å². The van der Waals surface area contributed by atoms with E-state index in [1.165, 1.54) is 0 Å². The van der Waals surface area contributed by atoms with Gasteiger partial charge in [-0.2, -0.15) is 22.0 Å². The van der Waals surface area contributed by atoms with Crippen LogP contribution in [0.15, 0.2) is 24.4 Å². The first kappa shape index (κ1) is 32.2.